The Morgan fingerprint density at radius 1 is 1.16 bits per heavy atom. The van der Waals surface area contributed by atoms with Gasteiger partial charge in [-0.3, -0.25) is 4.99 Å². The van der Waals surface area contributed by atoms with Gasteiger partial charge in [0.2, 0.25) is 0 Å². The molecule has 25 heavy (non-hydrogen) atoms. The SMILES string of the molecule is C=CCOc1ccc(C=Nc2ccc(N3CCOCC3)cc2)cc1I. The lowest BCUT2D eigenvalue weighted by Crippen LogP contribution is -2.36. The summed E-state index contributed by atoms with van der Waals surface area (Å²) in [7, 11) is 0. The van der Waals surface area contributed by atoms with Crippen LogP contribution in [0.2, 0.25) is 0 Å². The lowest BCUT2D eigenvalue weighted by Gasteiger charge is -2.28. The van der Waals surface area contributed by atoms with Crippen LogP contribution < -0.4 is 9.64 Å². The molecule has 0 spiro atoms. The van der Waals surface area contributed by atoms with Crippen LogP contribution in [0.5, 0.6) is 5.75 Å². The lowest BCUT2D eigenvalue weighted by atomic mass is 10.2. The van der Waals surface area contributed by atoms with Crippen molar-refractivity contribution in [3.05, 3.63) is 64.3 Å². The van der Waals surface area contributed by atoms with E-state index < -0.39 is 0 Å². The van der Waals surface area contributed by atoms with Crippen LogP contribution in [0.3, 0.4) is 0 Å². The maximum absolute atomic E-state index is 5.59. The summed E-state index contributed by atoms with van der Waals surface area (Å²) in [5.41, 5.74) is 3.21. The summed E-state index contributed by atoms with van der Waals surface area (Å²) < 4.78 is 12.0. The van der Waals surface area contributed by atoms with Crippen LogP contribution in [-0.4, -0.2) is 39.1 Å². The van der Waals surface area contributed by atoms with Crippen molar-refractivity contribution in [2.24, 2.45) is 4.99 Å². The summed E-state index contributed by atoms with van der Waals surface area (Å²) in [6.07, 6.45) is 3.62. The molecule has 0 aliphatic carbocycles. The molecule has 0 saturated carbocycles. The highest BCUT2D eigenvalue weighted by Gasteiger charge is 2.10. The van der Waals surface area contributed by atoms with E-state index >= 15 is 0 Å². The fraction of sp³-hybridized carbons (Fsp3) is 0.250. The third-order valence-corrected chi connectivity index (χ3v) is 4.74. The zero-order valence-electron chi connectivity index (χ0n) is 14.0. The Hall–Kier alpha value is -1.86. The number of rotatable bonds is 6. The summed E-state index contributed by atoms with van der Waals surface area (Å²) in [5, 5.41) is 0. The molecule has 2 aromatic rings. The first kappa shape index (κ1) is 17.9. The molecule has 0 unspecified atom stereocenters. The van der Waals surface area contributed by atoms with Crippen molar-refractivity contribution in [2.75, 3.05) is 37.8 Å². The normalized spacial score (nSPS) is 14.7. The topological polar surface area (TPSA) is 34.1 Å². The molecule has 130 valence electrons. The van der Waals surface area contributed by atoms with Crippen molar-refractivity contribution in [1.82, 2.24) is 0 Å². The third-order valence-electron chi connectivity index (χ3n) is 3.90. The highest BCUT2D eigenvalue weighted by atomic mass is 127. The van der Waals surface area contributed by atoms with Gasteiger partial charge in [-0.05, 0) is 70.6 Å². The average molecular weight is 448 g/mol. The van der Waals surface area contributed by atoms with Gasteiger partial charge < -0.3 is 14.4 Å². The van der Waals surface area contributed by atoms with Gasteiger partial charge >= 0.3 is 0 Å². The highest BCUT2D eigenvalue weighted by molar-refractivity contribution is 14.1. The van der Waals surface area contributed by atoms with Crippen LogP contribution in [0.1, 0.15) is 5.56 Å². The van der Waals surface area contributed by atoms with E-state index in [9.17, 15) is 0 Å². The van der Waals surface area contributed by atoms with Gasteiger partial charge in [-0.25, -0.2) is 0 Å². The van der Waals surface area contributed by atoms with E-state index in [2.05, 4.69) is 57.3 Å². The molecule has 1 aliphatic heterocycles. The van der Waals surface area contributed by atoms with Gasteiger partial charge in [0.1, 0.15) is 12.4 Å². The summed E-state index contributed by atoms with van der Waals surface area (Å²) in [5.74, 6) is 0.868. The van der Waals surface area contributed by atoms with E-state index in [0.29, 0.717) is 6.61 Å². The minimum Gasteiger partial charge on any atom is -0.488 e. The first-order chi connectivity index (χ1) is 12.3. The molecule has 0 radical (unpaired) electrons. The summed E-state index contributed by atoms with van der Waals surface area (Å²) in [6, 6.07) is 14.4. The van der Waals surface area contributed by atoms with Crippen LogP contribution >= 0.6 is 22.6 Å². The fourth-order valence-corrected chi connectivity index (χ4v) is 3.28. The molecule has 0 bridgehead atoms. The van der Waals surface area contributed by atoms with Gasteiger partial charge in [0, 0.05) is 25.0 Å². The Balaban J connectivity index is 1.65. The molecule has 0 aromatic heterocycles. The number of ether oxygens (including phenoxy) is 2. The van der Waals surface area contributed by atoms with Crippen LogP contribution in [-0.2, 0) is 4.74 Å². The first-order valence-corrected chi connectivity index (χ1v) is 9.34. The number of aliphatic imine (C=N–C) groups is 1. The van der Waals surface area contributed by atoms with Crippen LogP contribution in [0.25, 0.3) is 0 Å². The minimum absolute atomic E-state index is 0.513. The zero-order chi connectivity index (χ0) is 17.5. The smallest absolute Gasteiger partial charge is 0.133 e. The second-order valence-corrected chi connectivity index (χ2v) is 6.83. The Morgan fingerprint density at radius 3 is 2.60 bits per heavy atom. The van der Waals surface area contributed by atoms with E-state index in [1.54, 1.807) is 6.08 Å². The maximum Gasteiger partial charge on any atom is 0.133 e. The molecule has 5 heteroatoms. The number of morpholine rings is 1. The number of nitrogens with zero attached hydrogens (tertiary/aromatic N) is 2. The largest absolute Gasteiger partial charge is 0.488 e. The van der Waals surface area contributed by atoms with E-state index in [0.717, 1.165) is 46.9 Å². The van der Waals surface area contributed by atoms with Gasteiger partial charge in [0.15, 0.2) is 0 Å². The van der Waals surface area contributed by atoms with Gasteiger partial charge in [0.05, 0.1) is 22.5 Å². The molecule has 1 aliphatic rings. The minimum atomic E-state index is 0.513. The average Bonchev–Trinajstić information content (AvgIpc) is 2.67. The van der Waals surface area contributed by atoms with Crippen molar-refractivity contribution in [2.45, 2.75) is 0 Å². The predicted molar refractivity (Wildman–Crippen MR) is 112 cm³/mol. The van der Waals surface area contributed by atoms with Crippen molar-refractivity contribution >= 4 is 40.2 Å². The van der Waals surface area contributed by atoms with Crippen molar-refractivity contribution in [1.29, 1.82) is 0 Å². The molecule has 4 nitrogen and oxygen atoms in total. The van der Waals surface area contributed by atoms with Gasteiger partial charge in [-0.15, -0.1) is 0 Å². The molecule has 1 heterocycles. The molecule has 0 atom stereocenters. The van der Waals surface area contributed by atoms with E-state index in [1.807, 2.05) is 30.5 Å². The Labute approximate surface area is 162 Å². The van der Waals surface area contributed by atoms with Crippen molar-refractivity contribution < 1.29 is 9.47 Å². The monoisotopic (exact) mass is 448 g/mol. The van der Waals surface area contributed by atoms with E-state index in [-0.39, 0.29) is 0 Å². The standard InChI is InChI=1S/C20H21IN2O2/c1-2-11-25-20-8-3-16(14-19(20)21)15-22-17-4-6-18(7-5-17)23-9-12-24-13-10-23/h2-8,14-15H,1,9-13H2. The molecule has 0 N–H and O–H groups in total. The summed E-state index contributed by atoms with van der Waals surface area (Å²) >= 11 is 2.27. The number of halogens is 1. The second-order valence-electron chi connectivity index (χ2n) is 5.66. The quantitative estimate of drug-likeness (QED) is 0.372. The Kier molecular flexibility index (Phi) is 6.47. The van der Waals surface area contributed by atoms with E-state index in [1.165, 1.54) is 5.69 Å². The number of benzene rings is 2. The lowest BCUT2D eigenvalue weighted by molar-refractivity contribution is 0.122. The van der Waals surface area contributed by atoms with Crippen molar-refractivity contribution in [3.63, 3.8) is 0 Å². The first-order valence-electron chi connectivity index (χ1n) is 8.26. The number of hydrogen-bond donors (Lipinski definition) is 0. The van der Waals surface area contributed by atoms with Gasteiger partial charge in [0.25, 0.3) is 0 Å². The van der Waals surface area contributed by atoms with Crippen LogP contribution in [0.4, 0.5) is 11.4 Å². The van der Waals surface area contributed by atoms with Crippen LogP contribution in [0, 0.1) is 3.57 Å². The highest BCUT2D eigenvalue weighted by Crippen LogP contribution is 2.23. The molecular formula is C20H21IN2O2. The summed E-state index contributed by atoms with van der Waals surface area (Å²) in [6.45, 7) is 7.66. The van der Waals surface area contributed by atoms with E-state index in [4.69, 9.17) is 9.47 Å². The Bertz CT molecular complexity index is 738. The molecule has 0 amide bonds. The zero-order valence-corrected chi connectivity index (χ0v) is 16.2. The second kappa shape index (κ2) is 9.01. The summed E-state index contributed by atoms with van der Waals surface area (Å²) in [4.78, 5) is 6.90. The molecule has 3 rings (SSSR count). The fourth-order valence-electron chi connectivity index (χ4n) is 2.58. The molecule has 1 saturated heterocycles. The van der Waals surface area contributed by atoms with Crippen LogP contribution in [0.15, 0.2) is 60.1 Å². The molecule has 1 fully saturated rings. The Morgan fingerprint density at radius 2 is 1.92 bits per heavy atom. The predicted octanol–water partition coefficient (Wildman–Crippen LogP) is 4.44. The number of anilines is 1. The third kappa shape index (κ3) is 5.06. The number of hydrogen-bond acceptors (Lipinski definition) is 4. The van der Waals surface area contributed by atoms with Gasteiger partial charge in [-0.2, -0.15) is 0 Å². The maximum atomic E-state index is 5.59. The van der Waals surface area contributed by atoms with Gasteiger partial charge in [-0.1, -0.05) is 12.7 Å². The molecule has 2 aromatic carbocycles. The molecular weight excluding hydrogens is 427 g/mol. The van der Waals surface area contributed by atoms with Crippen molar-refractivity contribution in [3.8, 4) is 5.75 Å².